The minimum Gasteiger partial charge on any atom is -0.491 e. The van der Waals surface area contributed by atoms with E-state index in [1.54, 1.807) is 29.0 Å². The molecule has 52 heavy (non-hydrogen) atoms. The van der Waals surface area contributed by atoms with Crippen LogP contribution in [-0.4, -0.2) is 128 Å². The molecule has 0 saturated carbocycles. The number of hydrogen-bond donors (Lipinski definition) is 3. The van der Waals surface area contributed by atoms with Crippen LogP contribution < -0.4 is 15.8 Å². The molecule has 0 aliphatic carbocycles. The highest BCUT2D eigenvalue weighted by molar-refractivity contribution is 5.99. The first kappa shape index (κ1) is 38.5. The largest absolute Gasteiger partial charge is 0.491 e. The van der Waals surface area contributed by atoms with Gasteiger partial charge >= 0.3 is 0 Å². The Kier molecular flexibility index (Phi) is 13.1. The van der Waals surface area contributed by atoms with Crippen LogP contribution in [0.4, 0.5) is 5.95 Å². The maximum absolute atomic E-state index is 13.0. The van der Waals surface area contributed by atoms with Crippen molar-refractivity contribution in [3.05, 3.63) is 41.5 Å². The van der Waals surface area contributed by atoms with Crippen LogP contribution in [-0.2, 0) is 38.8 Å². The number of rotatable bonds is 19. The lowest BCUT2D eigenvalue weighted by atomic mass is 9.95. The summed E-state index contributed by atoms with van der Waals surface area (Å²) in [6.45, 7) is 8.55. The van der Waals surface area contributed by atoms with Crippen LogP contribution in [0.1, 0.15) is 73.9 Å². The molecule has 2 aliphatic heterocycles. The van der Waals surface area contributed by atoms with Gasteiger partial charge in [0.2, 0.25) is 24.2 Å². The normalized spacial score (nSPS) is 16.7. The van der Waals surface area contributed by atoms with Gasteiger partial charge in [-0.25, -0.2) is 4.98 Å². The van der Waals surface area contributed by atoms with Crippen molar-refractivity contribution in [2.45, 2.75) is 77.3 Å². The van der Waals surface area contributed by atoms with Crippen molar-refractivity contribution >= 4 is 41.5 Å². The highest BCUT2D eigenvalue weighted by Gasteiger charge is 2.33. The lowest BCUT2D eigenvalue weighted by Crippen LogP contribution is -2.44. The van der Waals surface area contributed by atoms with Crippen molar-refractivity contribution in [2.75, 3.05) is 58.4 Å². The summed E-state index contributed by atoms with van der Waals surface area (Å²) in [5.74, 6) is 0.278. The number of likely N-dealkylation sites (N-methyl/N-ethyl adjacent to an activating group) is 1. The Balaban J connectivity index is 1.12. The number of benzene rings is 1. The average Bonchev–Trinajstić information content (AvgIpc) is 3.70. The lowest BCUT2D eigenvalue weighted by molar-refractivity contribution is -0.215. The lowest BCUT2D eigenvalue weighted by Gasteiger charge is -2.34. The Bertz CT molecular complexity index is 1740. The maximum Gasteiger partial charge on any atom is 0.248 e. The number of likely N-dealkylation sites (tertiary alicyclic amines) is 1. The van der Waals surface area contributed by atoms with Crippen LogP contribution in [0, 0.1) is 0 Å². The predicted molar refractivity (Wildman–Crippen MR) is 191 cm³/mol. The molecule has 5 rings (SSSR count). The summed E-state index contributed by atoms with van der Waals surface area (Å²) in [7, 11) is 1.69. The van der Waals surface area contributed by atoms with Gasteiger partial charge in [0.15, 0.2) is 11.6 Å². The number of ether oxygens (including phenoxy) is 2. The zero-order chi connectivity index (χ0) is 37.3. The minimum atomic E-state index is -1.66. The number of anilines is 1. The van der Waals surface area contributed by atoms with Crippen molar-refractivity contribution in [1.29, 1.82) is 0 Å². The highest BCUT2D eigenvalue weighted by Crippen LogP contribution is 2.32. The Morgan fingerprint density at radius 3 is 2.65 bits per heavy atom. The smallest absolute Gasteiger partial charge is 0.248 e. The second kappa shape index (κ2) is 17.7. The number of amides is 3. The standard InChI is InChI=1S/C35H50N10O7/c1-4-5-6-11-45-31-27(38-34(45)37-23-47)19-26(32(36)49)20-28(31)51-18-7-10-42-12-8-25(9-13-42)33-40-39-29-22-43(14-15-44(29)33)30(48)21-35(2,50)52-24-41(3)16-17-46/h5-6,17,19-20,23,25,50H,4,7-16,18,21-22,24H2,1-3H3,(H2,36,49)(H,37,38,47)/b6-5+. The molecule has 1 unspecified atom stereocenters. The van der Waals surface area contributed by atoms with Crippen LogP contribution in [0.3, 0.4) is 0 Å². The van der Waals surface area contributed by atoms with E-state index in [1.807, 2.05) is 23.6 Å². The number of imidazole rings is 1. The quantitative estimate of drug-likeness (QED) is 0.0697. The van der Waals surface area contributed by atoms with E-state index >= 15 is 0 Å². The Morgan fingerprint density at radius 1 is 1.15 bits per heavy atom. The summed E-state index contributed by atoms with van der Waals surface area (Å²) in [6.07, 6.45) is 8.60. The van der Waals surface area contributed by atoms with Crippen molar-refractivity contribution in [2.24, 2.45) is 5.73 Å². The zero-order valence-corrected chi connectivity index (χ0v) is 30.2. The second-order valence-electron chi connectivity index (χ2n) is 13.5. The first-order valence-corrected chi connectivity index (χ1v) is 17.8. The number of nitrogens with one attached hydrogen (secondary N) is 1. The summed E-state index contributed by atoms with van der Waals surface area (Å²) in [6, 6.07) is 3.24. The molecule has 0 bridgehead atoms. The third-order valence-corrected chi connectivity index (χ3v) is 9.39. The third-order valence-electron chi connectivity index (χ3n) is 9.39. The van der Waals surface area contributed by atoms with Gasteiger partial charge in [-0.15, -0.1) is 10.2 Å². The molecule has 4 N–H and O–H groups in total. The Morgan fingerprint density at radius 2 is 1.94 bits per heavy atom. The zero-order valence-electron chi connectivity index (χ0n) is 30.2. The number of primary amides is 1. The van der Waals surface area contributed by atoms with E-state index in [0.717, 1.165) is 63.3 Å². The van der Waals surface area contributed by atoms with Gasteiger partial charge < -0.3 is 44.0 Å². The fourth-order valence-corrected chi connectivity index (χ4v) is 6.62. The number of piperidine rings is 1. The minimum absolute atomic E-state index is 0.0208. The molecule has 3 amide bonds. The SMILES string of the molecule is CC/C=C/Cn1c(NC=O)nc2cc(C(N)=O)cc(OCCCN3CCC(c4nnc5n4CCN(C(=O)CC(C)(O)OCN(C)CC=O)C5)CC3)c21. The van der Waals surface area contributed by atoms with Crippen LogP contribution in [0.25, 0.3) is 11.0 Å². The molecular formula is C35H50N10O7. The number of nitrogens with two attached hydrogens (primary N) is 1. The first-order chi connectivity index (χ1) is 25.0. The van der Waals surface area contributed by atoms with Gasteiger partial charge in [-0.3, -0.25) is 24.6 Å². The molecule has 0 spiro atoms. The first-order valence-electron chi connectivity index (χ1n) is 17.8. The number of hydrogen-bond acceptors (Lipinski definition) is 12. The molecule has 2 aliphatic rings. The fourth-order valence-electron chi connectivity index (χ4n) is 6.62. The second-order valence-corrected chi connectivity index (χ2v) is 13.5. The van der Waals surface area contributed by atoms with Gasteiger partial charge in [0.25, 0.3) is 0 Å². The molecular weight excluding hydrogens is 672 g/mol. The van der Waals surface area contributed by atoms with Gasteiger partial charge in [0.05, 0.1) is 31.6 Å². The Hall–Kier alpha value is -4.71. The van der Waals surface area contributed by atoms with Gasteiger partial charge in [0.1, 0.15) is 30.1 Å². The van der Waals surface area contributed by atoms with Crippen molar-refractivity contribution in [3.8, 4) is 5.75 Å². The summed E-state index contributed by atoms with van der Waals surface area (Å²) in [4.78, 5) is 57.3. The van der Waals surface area contributed by atoms with Crippen LogP contribution in [0.2, 0.25) is 0 Å². The fraction of sp³-hybridized carbons (Fsp3) is 0.571. The number of nitrogens with zero attached hydrogens (tertiary/aromatic N) is 8. The van der Waals surface area contributed by atoms with E-state index in [9.17, 15) is 24.3 Å². The molecule has 1 atom stereocenters. The molecule has 17 heteroatoms. The molecule has 1 fully saturated rings. The highest BCUT2D eigenvalue weighted by atomic mass is 16.6. The molecule has 0 radical (unpaired) electrons. The molecule has 17 nitrogen and oxygen atoms in total. The molecule has 282 valence electrons. The van der Waals surface area contributed by atoms with Crippen LogP contribution in [0.15, 0.2) is 24.3 Å². The molecule has 3 aromatic rings. The summed E-state index contributed by atoms with van der Waals surface area (Å²) < 4.78 is 15.7. The van der Waals surface area contributed by atoms with Gasteiger partial charge in [0, 0.05) is 37.7 Å². The summed E-state index contributed by atoms with van der Waals surface area (Å²) in [5.41, 5.74) is 7.07. The van der Waals surface area contributed by atoms with Crippen molar-refractivity contribution < 1.29 is 33.8 Å². The molecule has 1 aromatic carbocycles. The number of carbonyl (C=O) groups excluding carboxylic acids is 4. The number of fused-ring (bicyclic) bond motifs is 2. The van der Waals surface area contributed by atoms with E-state index in [4.69, 9.17) is 15.2 Å². The summed E-state index contributed by atoms with van der Waals surface area (Å²) in [5, 5.41) is 22.2. The number of aliphatic hydroxyl groups is 1. The van der Waals surface area contributed by atoms with E-state index in [1.165, 1.54) is 6.92 Å². The molecule has 4 heterocycles. The number of carbonyl (C=O) groups is 4. The van der Waals surface area contributed by atoms with Gasteiger partial charge in [-0.05, 0) is 64.9 Å². The maximum atomic E-state index is 13.0. The third kappa shape index (κ3) is 9.58. The molecule has 2 aromatic heterocycles. The average molecular weight is 723 g/mol. The van der Waals surface area contributed by atoms with Crippen molar-refractivity contribution in [3.63, 3.8) is 0 Å². The van der Waals surface area contributed by atoms with E-state index < -0.39 is 11.7 Å². The number of aldehydes is 1. The van der Waals surface area contributed by atoms with E-state index in [0.29, 0.717) is 61.9 Å². The van der Waals surface area contributed by atoms with E-state index in [-0.39, 0.29) is 37.1 Å². The predicted octanol–water partition coefficient (Wildman–Crippen LogP) is 1.46. The number of aromatic nitrogens is 5. The Labute approximate surface area is 302 Å². The van der Waals surface area contributed by atoms with Gasteiger partial charge in [-0.2, -0.15) is 0 Å². The monoisotopic (exact) mass is 722 g/mol. The van der Waals surface area contributed by atoms with E-state index in [2.05, 4.69) is 30.0 Å². The van der Waals surface area contributed by atoms with Gasteiger partial charge in [-0.1, -0.05) is 19.1 Å². The van der Waals surface area contributed by atoms with Crippen LogP contribution >= 0.6 is 0 Å². The topological polar surface area (TPSA) is 203 Å². The molecule has 1 saturated heterocycles. The van der Waals surface area contributed by atoms with Crippen LogP contribution in [0.5, 0.6) is 5.75 Å². The van der Waals surface area contributed by atoms with Crippen molar-refractivity contribution in [1.82, 2.24) is 39.0 Å². The number of allylic oxidation sites excluding steroid dienone is 2. The summed E-state index contributed by atoms with van der Waals surface area (Å²) >= 11 is 0.